The first-order valence-electron chi connectivity index (χ1n) is 8.81. The lowest BCUT2D eigenvalue weighted by molar-refractivity contribution is -0.117. The van der Waals surface area contributed by atoms with Crippen LogP contribution in [0.4, 0.5) is 4.79 Å². The Kier molecular flexibility index (Phi) is 5.60. The summed E-state index contributed by atoms with van der Waals surface area (Å²) in [6.45, 7) is 2.02. The molecule has 0 spiro atoms. The van der Waals surface area contributed by atoms with E-state index in [1.807, 2.05) is 49.4 Å². The highest BCUT2D eigenvalue weighted by atomic mass is 16.5. The van der Waals surface area contributed by atoms with Crippen LogP contribution >= 0.6 is 0 Å². The molecule has 2 atom stereocenters. The lowest BCUT2D eigenvalue weighted by Crippen LogP contribution is -2.46. The Morgan fingerprint density at radius 1 is 1.11 bits per heavy atom. The smallest absolute Gasteiger partial charge is 0.413 e. The fraction of sp³-hybridized carbons (Fsp3) is 0.273. The number of rotatable bonds is 4. The van der Waals surface area contributed by atoms with Gasteiger partial charge in [-0.15, -0.1) is 0 Å². The van der Waals surface area contributed by atoms with Crippen LogP contribution in [0.25, 0.3) is 0 Å². The Labute approximate surface area is 159 Å². The first kappa shape index (κ1) is 18.7. The number of amides is 1. The van der Waals surface area contributed by atoms with Crippen LogP contribution in [0.5, 0.6) is 5.75 Å². The topological polar surface area (TPSA) is 55.8 Å². The van der Waals surface area contributed by atoms with Crippen molar-refractivity contribution in [2.24, 2.45) is 0 Å². The highest BCUT2D eigenvalue weighted by Crippen LogP contribution is 2.33. The number of nitrogens with zero attached hydrogens (tertiary/aromatic N) is 1. The summed E-state index contributed by atoms with van der Waals surface area (Å²) in [5.41, 5.74) is 3.01. The van der Waals surface area contributed by atoms with Gasteiger partial charge in [0, 0.05) is 6.20 Å². The fourth-order valence-electron chi connectivity index (χ4n) is 3.54. The number of methoxy groups -OCH3 is 2. The van der Waals surface area contributed by atoms with Crippen LogP contribution in [0.2, 0.25) is 0 Å². The summed E-state index contributed by atoms with van der Waals surface area (Å²) in [7, 11) is 2.93. The molecule has 0 aromatic heterocycles. The van der Waals surface area contributed by atoms with Crippen LogP contribution in [0.15, 0.2) is 60.8 Å². The average molecular weight is 365 g/mol. The summed E-state index contributed by atoms with van der Waals surface area (Å²) in [5.74, 6) is 0.138. The van der Waals surface area contributed by atoms with Crippen LogP contribution in [0.3, 0.4) is 0 Å². The van der Waals surface area contributed by atoms with Gasteiger partial charge < -0.3 is 9.47 Å². The third-order valence-corrected chi connectivity index (χ3v) is 4.81. The number of ketones is 1. The van der Waals surface area contributed by atoms with Gasteiger partial charge in [0.25, 0.3) is 0 Å². The molecule has 0 saturated heterocycles. The molecule has 0 N–H and O–H groups in total. The predicted octanol–water partition coefficient (Wildman–Crippen LogP) is 3.86. The molecule has 1 amide bonds. The zero-order valence-corrected chi connectivity index (χ0v) is 15.7. The molecular weight excluding hydrogens is 342 g/mol. The molecule has 0 bridgehead atoms. The fourth-order valence-corrected chi connectivity index (χ4v) is 3.54. The van der Waals surface area contributed by atoms with E-state index < -0.39 is 12.0 Å². The van der Waals surface area contributed by atoms with Gasteiger partial charge in [-0.3, -0.25) is 9.69 Å². The van der Waals surface area contributed by atoms with Crippen molar-refractivity contribution < 1.29 is 19.1 Å². The van der Waals surface area contributed by atoms with Crippen molar-refractivity contribution in [1.82, 2.24) is 4.90 Å². The van der Waals surface area contributed by atoms with Gasteiger partial charge in [0.1, 0.15) is 5.75 Å². The molecule has 0 fully saturated rings. The Balaban J connectivity index is 2.04. The molecule has 27 heavy (non-hydrogen) atoms. The highest BCUT2D eigenvalue weighted by molar-refractivity contribution is 5.98. The van der Waals surface area contributed by atoms with Crippen molar-refractivity contribution >= 4 is 11.9 Å². The van der Waals surface area contributed by atoms with Crippen LogP contribution in [0.1, 0.15) is 22.6 Å². The van der Waals surface area contributed by atoms with E-state index in [1.54, 1.807) is 7.11 Å². The second-order valence-corrected chi connectivity index (χ2v) is 6.61. The minimum atomic E-state index is -0.496. The number of benzene rings is 2. The zero-order valence-electron chi connectivity index (χ0n) is 15.7. The second kappa shape index (κ2) is 8.08. The molecule has 5 heteroatoms. The number of aryl methyl sites for hydroxylation is 1. The maximum Gasteiger partial charge on any atom is 0.413 e. The van der Waals surface area contributed by atoms with Gasteiger partial charge in [-0.2, -0.15) is 0 Å². The number of carbonyl (C=O) groups is 2. The van der Waals surface area contributed by atoms with E-state index in [9.17, 15) is 9.59 Å². The summed E-state index contributed by atoms with van der Waals surface area (Å²) in [4.78, 5) is 26.7. The molecule has 1 aliphatic rings. The van der Waals surface area contributed by atoms with E-state index >= 15 is 0 Å². The summed E-state index contributed by atoms with van der Waals surface area (Å²) in [6.07, 6.45) is 3.01. The van der Waals surface area contributed by atoms with Gasteiger partial charge in [0.2, 0.25) is 0 Å². The van der Waals surface area contributed by atoms with Gasteiger partial charge in [-0.25, -0.2) is 4.79 Å². The minimum absolute atomic E-state index is 0.0407. The normalized spacial score (nSPS) is 19.1. The molecule has 2 aromatic rings. The number of hydrogen-bond acceptors (Lipinski definition) is 4. The van der Waals surface area contributed by atoms with Gasteiger partial charge in [-0.05, 0) is 42.7 Å². The Hall–Kier alpha value is -3.08. The van der Waals surface area contributed by atoms with Gasteiger partial charge in [0.05, 0.1) is 26.2 Å². The number of carbonyl (C=O) groups excluding carboxylic acids is 2. The third kappa shape index (κ3) is 4.03. The maximum atomic E-state index is 12.8. The van der Waals surface area contributed by atoms with E-state index in [-0.39, 0.29) is 11.8 Å². The molecule has 2 unspecified atom stereocenters. The second-order valence-electron chi connectivity index (χ2n) is 6.61. The molecule has 2 aromatic carbocycles. The summed E-state index contributed by atoms with van der Waals surface area (Å²) >= 11 is 0. The van der Waals surface area contributed by atoms with Crippen LogP contribution in [-0.2, 0) is 16.0 Å². The predicted molar refractivity (Wildman–Crippen MR) is 103 cm³/mol. The zero-order chi connectivity index (χ0) is 19.4. The quantitative estimate of drug-likeness (QED) is 0.825. The van der Waals surface area contributed by atoms with Crippen LogP contribution in [0, 0.1) is 6.92 Å². The molecule has 0 aliphatic carbocycles. The first-order valence-corrected chi connectivity index (χ1v) is 8.81. The average Bonchev–Trinajstić information content (AvgIpc) is 2.68. The molecule has 3 rings (SSSR count). The molecule has 1 heterocycles. The monoisotopic (exact) mass is 365 g/mol. The Bertz CT molecular complexity index is 874. The molecule has 1 aliphatic heterocycles. The van der Waals surface area contributed by atoms with Crippen molar-refractivity contribution in [3.05, 3.63) is 77.5 Å². The number of ether oxygens (including phenoxy) is 2. The number of allylic oxidation sites excluding steroid dienone is 1. The molecular formula is C22H23NO4. The van der Waals surface area contributed by atoms with Crippen molar-refractivity contribution in [2.75, 3.05) is 14.2 Å². The van der Waals surface area contributed by atoms with Crippen molar-refractivity contribution in [2.45, 2.75) is 25.3 Å². The van der Waals surface area contributed by atoms with E-state index in [0.717, 1.165) is 16.7 Å². The first-order chi connectivity index (χ1) is 13.0. The standard InChI is InChI=1S/C22H23NO4/c1-15-6-4-7-16(12-15)13-19-21(17-8-5-9-18(14-17)26-2)20(24)10-11-23(19)22(25)27-3/h4-12,14,19,21H,13H2,1-3H3. The molecule has 140 valence electrons. The Morgan fingerprint density at radius 2 is 1.89 bits per heavy atom. The molecule has 5 nitrogen and oxygen atoms in total. The lowest BCUT2D eigenvalue weighted by atomic mass is 9.81. The van der Waals surface area contributed by atoms with E-state index in [4.69, 9.17) is 9.47 Å². The summed E-state index contributed by atoms with van der Waals surface area (Å²) in [6, 6.07) is 15.1. The largest absolute Gasteiger partial charge is 0.497 e. The maximum absolute atomic E-state index is 12.8. The van der Waals surface area contributed by atoms with Gasteiger partial charge in [0.15, 0.2) is 5.78 Å². The summed E-state index contributed by atoms with van der Waals surface area (Å²) < 4.78 is 10.3. The van der Waals surface area contributed by atoms with Crippen LogP contribution in [-0.4, -0.2) is 37.0 Å². The molecule has 0 saturated carbocycles. The van der Waals surface area contributed by atoms with E-state index in [2.05, 4.69) is 6.07 Å². The summed E-state index contributed by atoms with van der Waals surface area (Å²) in [5, 5.41) is 0. The highest BCUT2D eigenvalue weighted by Gasteiger charge is 2.38. The van der Waals surface area contributed by atoms with E-state index in [0.29, 0.717) is 12.2 Å². The molecule has 0 radical (unpaired) electrons. The van der Waals surface area contributed by atoms with Gasteiger partial charge in [-0.1, -0.05) is 42.0 Å². The van der Waals surface area contributed by atoms with Crippen molar-refractivity contribution in [1.29, 1.82) is 0 Å². The Morgan fingerprint density at radius 3 is 2.59 bits per heavy atom. The van der Waals surface area contributed by atoms with Gasteiger partial charge >= 0.3 is 6.09 Å². The van der Waals surface area contributed by atoms with E-state index in [1.165, 1.54) is 24.3 Å². The van der Waals surface area contributed by atoms with Crippen LogP contribution < -0.4 is 4.74 Å². The lowest BCUT2D eigenvalue weighted by Gasteiger charge is -2.36. The SMILES string of the molecule is COC(=O)N1C=CC(=O)C(c2cccc(OC)c2)C1Cc1cccc(C)c1. The van der Waals surface area contributed by atoms with Crippen molar-refractivity contribution in [3.8, 4) is 5.75 Å². The van der Waals surface area contributed by atoms with Crippen molar-refractivity contribution in [3.63, 3.8) is 0 Å². The minimum Gasteiger partial charge on any atom is -0.497 e. The third-order valence-electron chi connectivity index (χ3n) is 4.81. The number of hydrogen-bond donors (Lipinski definition) is 0.